The van der Waals surface area contributed by atoms with Crippen molar-refractivity contribution >= 4 is 17.9 Å². The van der Waals surface area contributed by atoms with Crippen LogP contribution in [0, 0.1) is 0 Å². The highest BCUT2D eigenvalue weighted by molar-refractivity contribution is 5.93. The summed E-state index contributed by atoms with van der Waals surface area (Å²) in [6.07, 6.45) is 7.16. The summed E-state index contributed by atoms with van der Waals surface area (Å²) in [7, 11) is 0. The van der Waals surface area contributed by atoms with Gasteiger partial charge in [-0.3, -0.25) is 4.99 Å². The van der Waals surface area contributed by atoms with Crippen molar-refractivity contribution in [1.82, 2.24) is 0 Å². The molecule has 1 nitrogen and oxygen atoms in total. The largest absolute Gasteiger partial charge is 0.261 e. The van der Waals surface area contributed by atoms with Crippen molar-refractivity contribution in [3.8, 4) is 0 Å². The summed E-state index contributed by atoms with van der Waals surface area (Å²) in [6, 6.07) is 8.47. The lowest BCUT2D eigenvalue weighted by Crippen LogP contribution is -2.00. The van der Waals surface area contributed by atoms with E-state index in [1.54, 1.807) is 0 Å². The number of hydrogen-bond acceptors (Lipinski definition) is 1. The molecule has 0 spiro atoms. The summed E-state index contributed by atoms with van der Waals surface area (Å²) in [5, 5.41) is 0. The Labute approximate surface area is 77.1 Å². The van der Waals surface area contributed by atoms with Crippen molar-refractivity contribution in [3.63, 3.8) is 0 Å². The second kappa shape index (κ2) is 2.43. The van der Waals surface area contributed by atoms with Crippen LogP contribution in [0.1, 0.15) is 17.5 Å². The van der Waals surface area contributed by atoms with E-state index >= 15 is 0 Å². The maximum Gasteiger partial charge on any atom is 0.0453 e. The first-order chi connectivity index (χ1) is 6.43. The van der Waals surface area contributed by atoms with Crippen LogP contribution in [0.4, 0.5) is 0 Å². The summed E-state index contributed by atoms with van der Waals surface area (Å²) in [6.45, 7) is 0. The van der Waals surface area contributed by atoms with Crippen LogP contribution in [0.15, 0.2) is 41.0 Å². The first kappa shape index (κ1) is 6.84. The van der Waals surface area contributed by atoms with Crippen LogP contribution in [0.25, 0.3) is 11.6 Å². The molecule has 0 saturated heterocycles. The maximum absolute atomic E-state index is 4.31. The minimum Gasteiger partial charge on any atom is -0.261 e. The maximum atomic E-state index is 4.31. The summed E-state index contributed by atoms with van der Waals surface area (Å²) in [4.78, 5) is 4.31. The highest BCUT2D eigenvalue weighted by atomic mass is 14.7. The fourth-order valence-electron chi connectivity index (χ4n) is 1.89. The molecule has 1 aromatic rings. The van der Waals surface area contributed by atoms with Gasteiger partial charge in [-0.25, -0.2) is 0 Å². The lowest BCUT2D eigenvalue weighted by atomic mass is 9.89. The van der Waals surface area contributed by atoms with Gasteiger partial charge in [-0.1, -0.05) is 24.3 Å². The Morgan fingerprint density at radius 3 is 3.08 bits per heavy atom. The van der Waals surface area contributed by atoms with Gasteiger partial charge < -0.3 is 0 Å². The normalized spacial score (nSPS) is 17.5. The molecule has 1 heterocycles. The lowest BCUT2D eigenvalue weighted by molar-refractivity contribution is 1.17. The second-order valence-electron chi connectivity index (χ2n) is 3.37. The number of hydrogen-bond donors (Lipinski definition) is 0. The fourth-order valence-corrected chi connectivity index (χ4v) is 1.89. The molecular weight excluding hydrogens is 158 g/mol. The van der Waals surface area contributed by atoms with Gasteiger partial charge in [0.05, 0.1) is 0 Å². The number of fused-ring (bicyclic) bond motifs is 4. The first-order valence-electron chi connectivity index (χ1n) is 4.47. The number of benzene rings is 1. The van der Waals surface area contributed by atoms with Crippen LogP contribution in [0.5, 0.6) is 0 Å². The zero-order valence-electron chi connectivity index (χ0n) is 7.20. The van der Waals surface area contributed by atoms with E-state index in [-0.39, 0.29) is 0 Å². The van der Waals surface area contributed by atoms with Crippen LogP contribution < -0.4 is 0 Å². The molecule has 13 heavy (non-hydrogen) atoms. The molecule has 62 valence electrons. The van der Waals surface area contributed by atoms with Crippen LogP contribution in [-0.4, -0.2) is 6.21 Å². The minimum atomic E-state index is 0.994. The Morgan fingerprint density at radius 1 is 1.15 bits per heavy atom. The number of dihydropyridines is 1. The van der Waals surface area contributed by atoms with Gasteiger partial charge in [0.25, 0.3) is 0 Å². The summed E-state index contributed by atoms with van der Waals surface area (Å²) >= 11 is 0. The molecule has 1 aromatic carbocycles. The molecule has 2 bridgehead atoms. The predicted molar refractivity (Wildman–Crippen MR) is 55.5 cm³/mol. The minimum absolute atomic E-state index is 0.994. The van der Waals surface area contributed by atoms with Crippen molar-refractivity contribution in [2.24, 2.45) is 4.99 Å². The Bertz CT molecular complexity index is 450. The van der Waals surface area contributed by atoms with Gasteiger partial charge in [0.2, 0.25) is 0 Å². The molecule has 1 heteroatoms. The number of nitrogens with zero attached hydrogens (tertiary/aromatic N) is 1. The number of allylic oxidation sites excluding steroid dienone is 2. The highest BCUT2D eigenvalue weighted by Crippen LogP contribution is 2.34. The molecule has 0 N–H and O–H groups in total. The van der Waals surface area contributed by atoms with Gasteiger partial charge in [-0.2, -0.15) is 0 Å². The Balaban J connectivity index is 2.32. The van der Waals surface area contributed by atoms with Crippen molar-refractivity contribution in [2.75, 3.05) is 0 Å². The molecule has 0 atom stereocenters. The van der Waals surface area contributed by atoms with Crippen molar-refractivity contribution in [3.05, 3.63) is 47.2 Å². The third-order valence-corrected chi connectivity index (χ3v) is 2.52. The van der Waals surface area contributed by atoms with Crippen molar-refractivity contribution in [2.45, 2.75) is 6.42 Å². The van der Waals surface area contributed by atoms with Crippen LogP contribution >= 0.6 is 0 Å². The number of rotatable bonds is 0. The van der Waals surface area contributed by atoms with Gasteiger partial charge >= 0.3 is 0 Å². The summed E-state index contributed by atoms with van der Waals surface area (Å²) in [5.74, 6) is 0. The van der Waals surface area contributed by atoms with Crippen LogP contribution in [0.2, 0.25) is 0 Å². The third kappa shape index (κ3) is 0.970. The van der Waals surface area contributed by atoms with Gasteiger partial charge in [-0.05, 0) is 28.9 Å². The third-order valence-electron chi connectivity index (χ3n) is 2.52. The fraction of sp³-hybridized carbons (Fsp3) is 0.0833. The standard InChI is InChI=1S/C12H9N/c1-2-4-12-9(3-1)7-11-8-10(12)5-6-13-11/h1-7H,8H2. The quantitative estimate of drug-likeness (QED) is 0.563. The average Bonchev–Trinajstić information content (AvgIpc) is 2.18. The highest BCUT2D eigenvalue weighted by Gasteiger charge is 2.15. The van der Waals surface area contributed by atoms with E-state index < -0.39 is 0 Å². The van der Waals surface area contributed by atoms with E-state index in [9.17, 15) is 0 Å². The lowest BCUT2D eigenvalue weighted by Gasteiger charge is -2.19. The van der Waals surface area contributed by atoms with Gasteiger partial charge in [0, 0.05) is 18.3 Å². The smallest absolute Gasteiger partial charge is 0.0453 e. The van der Waals surface area contributed by atoms with Gasteiger partial charge in [0.15, 0.2) is 0 Å². The molecule has 0 radical (unpaired) electrons. The SMILES string of the molecule is C1=NC2=Cc3ccccc3C(=C1)C2. The van der Waals surface area contributed by atoms with Gasteiger partial charge in [-0.15, -0.1) is 0 Å². The Hall–Kier alpha value is -1.63. The molecule has 0 unspecified atom stereocenters. The second-order valence-corrected chi connectivity index (χ2v) is 3.37. The van der Waals surface area contributed by atoms with Crippen molar-refractivity contribution in [1.29, 1.82) is 0 Å². The number of aliphatic imine (C=N–C) groups is 1. The van der Waals surface area contributed by atoms with E-state index in [2.05, 4.69) is 41.4 Å². The van der Waals surface area contributed by atoms with Gasteiger partial charge in [0.1, 0.15) is 0 Å². The van der Waals surface area contributed by atoms with E-state index in [1.165, 1.54) is 22.4 Å². The van der Waals surface area contributed by atoms with E-state index in [0.29, 0.717) is 0 Å². The topological polar surface area (TPSA) is 12.4 Å². The molecule has 0 saturated carbocycles. The molecular formula is C12H9N. The van der Waals surface area contributed by atoms with Crippen molar-refractivity contribution < 1.29 is 0 Å². The van der Waals surface area contributed by atoms with E-state index in [4.69, 9.17) is 0 Å². The zero-order chi connectivity index (χ0) is 8.67. The Morgan fingerprint density at radius 2 is 2.08 bits per heavy atom. The summed E-state index contributed by atoms with van der Waals surface area (Å²) in [5.41, 5.74) is 5.23. The monoisotopic (exact) mass is 167 g/mol. The molecule has 1 aliphatic carbocycles. The van der Waals surface area contributed by atoms with Crippen LogP contribution in [-0.2, 0) is 0 Å². The molecule has 0 aromatic heterocycles. The van der Waals surface area contributed by atoms with Crippen LogP contribution in [0.3, 0.4) is 0 Å². The Kier molecular flexibility index (Phi) is 1.28. The van der Waals surface area contributed by atoms with E-state index in [1.807, 2.05) is 6.21 Å². The molecule has 1 aliphatic heterocycles. The predicted octanol–water partition coefficient (Wildman–Crippen LogP) is 2.90. The molecule has 0 fully saturated rings. The molecule has 0 amide bonds. The zero-order valence-corrected chi connectivity index (χ0v) is 7.20. The average molecular weight is 167 g/mol. The molecule has 2 aliphatic rings. The van der Waals surface area contributed by atoms with E-state index in [0.717, 1.165) is 6.42 Å². The first-order valence-corrected chi connectivity index (χ1v) is 4.47. The summed E-state index contributed by atoms with van der Waals surface area (Å²) < 4.78 is 0. The molecule has 3 rings (SSSR count).